The predicted octanol–water partition coefficient (Wildman–Crippen LogP) is 6.73. The average Bonchev–Trinajstić information content (AvgIpc) is 2.90. The van der Waals surface area contributed by atoms with E-state index < -0.39 is 54.2 Å². The molecule has 0 amide bonds. The molecular weight excluding hydrogens is 641 g/mol. The van der Waals surface area contributed by atoms with Gasteiger partial charge in [-0.15, -0.1) is 23.2 Å². The number of anilines is 2. The summed E-state index contributed by atoms with van der Waals surface area (Å²) in [7, 11) is -0.693. The second-order valence-corrected chi connectivity index (χ2v) is 14.5. The first-order chi connectivity index (χ1) is 19.5. The Labute approximate surface area is 255 Å². The highest BCUT2D eigenvalue weighted by Gasteiger charge is 2.66. The van der Waals surface area contributed by atoms with Gasteiger partial charge in [-0.1, -0.05) is 29.8 Å². The van der Waals surface area contributed by atoms with Crippen LogP contribution in [0.1, 0.15) is 30.4 Å². The molecule has 2 aliphatic carbocycles. The van der Waals surface area contributed by atoms with E-state index in [1.807, 2.05) is 19.0 Å². The minimum absolute atomic E-state index is 0.0471. The van der Waals surface area contributed by atoms with Crippen LogP contribution in [0.15, 0.2) is 59.9 Å². The molecule has 2 saturated carbocycles. The molecule has 0 aliphatic heterocycles. The standard InChI is InChI=1S/C27H26Cl3F4N5O2S/c1-39(2)21-12-25(15-4-3-5-16(8-15)27(32,33)34)13-26(29,30)23(25)11-20(21)37-19-10-18(31)22(9-17(19)28)42(40,41)38-24-6-7-35-14-36-24/h3-10,14,20-21,23,37H,11-13H2,1-2H3,(H,35,36,38)/t20-,21-,23+,25+/m0/s1. The van der Waals surface area contributed by atoms with Crippen LogP contribution >= 0.6 is 34.8 Å². The summed E-state index contributed by atoms with van der Waals surface area (Å²) in [6, 6.07) is 7.91. The molecule has 7 nitrogen and oxygen atoms in total. The molecular formula is C27H26Cl3F4N5O2S. The summed E-state index contributed by atoms with van der Waals surface area (Å²) in [6.45, 7) is 0. The first-order valence-electron chi connectivity index (χ1n) is 12.8. The largest absolute Gasteiger partial charge is 0.416 e. The lowest BCUT2D eigenvalue weighted by Crippen LogP contribution is -2.67. The second-order valence-electron chi connectivity index (χ2n) is 10.9. The van der Waals surface area contributed by atoms with Crippen molar-refractivity contribution >= 4 is 56.3 Å². The topological polar surface area (TPSA) is 87.2 Å². The molecule has 2 fully saturated rings. The van der Waals surface area contributed by atoms with Gasteiger partial charge in [0, 0.05) is 29.6 Å². The van der Waals surface area contributed by atoms with E-state index in [2.05, 4.69) is 20.0 Å². The molecule has 2 aromatic carbocycles. The summed E-state index contributed by atoms with van der Waals surface area (Å²) in [6.07, 6.45) is -1.02. The Hall–Kier alpha value is -2.38. The van der Waals surface area contributed by atoms with Crippen LogP contribution in [0.4, 0.5) is 29.1 Å². The van der Waals surface area contributed by atoms with E-state index in [0.29, 0.717) is 18.4 Å². The Balaban J connectivity index is 1.44. The summed E-state index contributed by atoms with van der Waals surface area (Å²) in [5, 5.41) is 3.18. The molecule has 0 unspecified atom stereocenters. The maximum absolute atomic E-state index is 15.2. The maximum atomic E-state index is 15.2. The van der Waals surface area contributed by atoms with Crippen molar-refractivity contribution in [3.63, 3.8) is 0 Å². The monoisotopic (exact) mass is 665 g/mol. The number of sulfonamides is 1. The van der Waals surface area contributed by atoms with E-state index in [4.69, 9.17) is 34.8 Å². The molecule has 3 aromatic rings. The third kappa shape index (κ3) is 5.76. The van der Waals surface area contributed by atoms with Crippen LogP contribution in [0.5, 0.6) is 0 Å². The Morgan fingerprint density at radius 2 is 1.86 bits per heavy atom. The van der Waals surface area contributed by atoms with Crippen LogP contribution in [0, 0.1) is 11.7 Å². The number of benzene rings is 2. The normalized spacial score (nSPS) is 25.4. The van der Waals surface area contributed by atoms with Gasteiger partial charge in [0.15, 0.2) is 0 Å². The zero-order valence-corrected chi connectivity index (χ0v) is 25.3. The molecule has 1 aromatic heterocycles. The number of hydrogen-bond donors (Lipinski definition) is 2. The molecule has 2 aliphatic rings. The molecule has 4 atom stereocenters. The van der Waals surface area contributed by atoms with Crippen LogP contribution < -0.4 is 10.0 Å². The molecule has 1 heterocycles. The summed E-state index contributed by atoms with van der Waals surface area (Å²) in [5.41, 5.74) is -0.799. The van der Waals surface area contributed by atoms with Crippen LogP contribution in [-0.2, 0) is 21.6 Å². The Bertz CT molecular complexity index is 1590. The highest BCUT2D eigenvalue weighted by atomic mass is 35.5. The Morgan fingerprint density at radius 1 is 1.12 bits per heavy atom. The van der Waals surface area contributed by atoms with Crippen molar-refractivity contribution in [3.05, 3.63) is 77.0 Å². The highest BCUT2D eigenvalue weighted by Crippen LogP contribution is 2.67. The number of halogens is 7. The van der Waals surface area contributed by atoms with E-state index >= 15 is 4.39 Å². The molecule has 0 radical (unpaired) electrons. The van der Waals surface area contributed by atoms with E-state index in [1.165, 1.54) is 18.3 Å². The molecule has 0 saturated heterocycles. The maximum Gasteiger partial charge on any atom is 0.416 e. The molecule has 42 heavy (non-hydrogen) atoms. The number of likely N-dealkylation sites (N-methyl/N-ethyl adjacent to an activating group) is 1. The molecule has 226 valence electrons. The summed E-state index contributed by atoms with van der Waals surface area (Å²) in [4.78, 5) is 8.75. The van der Waals surface area contributed by atoms with Gasteiger partial charge in [-0.05, 0) is 63.2 Å². The van der Waals surface area contributed by atoms with Gasteiger partial charge in [-0.3, -0.25) is 4.72 Å². The van der Waals surface area contributed by atoms with Gasteiger partial charge in [-0.2, -0.15) is 13.2 Å². The second kappa shape index (κ2) is 11.0. The first-order valence-corrected chi connectivity index (χ1v) is 15.4. The Morgan fingerprint density at radius 3 is 2.48 bits per heavy atom. The number of rotatable bonds is 7. The fraction of sp³-hybridized carbons (Fsp3) is 0.407. The first kappa shape index (κ1) is 31.1. The third-order valence-electron chi connectivity index (χ3n) is 8.16. The highest BCUT2D eigenvalue weighted by molar-refractivity contribution is 7.92. The van der Waals surface area contributed by atoms with Crippen LogP contribution in [0.3, 0.4) is 0 Å². The number of nitrogens with zero attached hydrogens (tertiary/aromatic N) is 3. The predicted molar refractivity (Wildman–Crippen MR) is 154 cm³/mol. The van der Waals surface area contributed by atoms with Crippen molar-refractivity contribution in [1.82, 2.24) is 14.9 Å². The van der Waals surface area contributed by atoms with E-state index in [1.54, 1.807) is 6.07 Å². The molecule has 2 N–H and O–H groups in total. The SMILES string of the molecule is CN(C)[C@H]1C[C@]2(c3cccc(C(F)(F)F)c3)CC(Cl)(Cl)[C@@H]2C[C@@H]1Nc1cc(F)c(S(=O)(=O)Nc2ccncn2)cc1Cl. The van der Waals surface area contributed by atoms with Gasteiger partial charge in [0.25, 0.3) is 10.0 Å². The van der Waals surface area contributed by atoms with Crippen molar-refractivity contribution in [2.24, 2.45) is 5.92 Å². The van der Waals surface area contributed by atoms with E-state index in [9.17, 15) is 21.6 Å². The lowest BCUT2D eigenvalue weighted by atomic mass is 9.48. The smallest absolute Gasteiger partial charge is 0.379 e. The summed E-state index contributed by atoms with van der Waals surface area (Å²) in [5.74, 6) is -1.52. The third-order valence-corrected chi connectivity index (χ3v) is 10.6. The zero-order chi connectivity index (χ0) is 30.7. The van der Waals surface area contributed by atoms with Crippen molar-refractivity contribution in [2.75, 3.05) is 24.1 Å². The lowest BCUT2D eigenvalue weighted by molar-refractivity contribution is -0.137. The van der Waals surface area contributed by atoms with E-state index in [0.717, 1.165) is 30.6 Å². The van der Waals surface area contributed by atoms with Gasteiger partial charge in [0.1, 0.15) is 27.2 Å². The number of hydrogen-bond acceptors (Lipinski definition) is 6. The minimum atomic E-state index is -4.50. The van der Waals surface area contributed by atoms with Gasteiger partial charge in [0.2, 0.25) is 0 Å². The summed E-state index contributed by atoms with van der Waals surface area (Å²) < 4.78 is 82.6. The van der Waals surface area contributed by atoms with Gasteiger partial charge in [-0.25, -0.2) is 22.8 Å². The van der Waals surface area contributed by atoms with E-state index in [-0.39, 0.29) is 29.0 Å². The van der Waals surface area contributed by atoms with Crippen LogP contribution in [-0.4, -0.2) is 53.8 Å². The number of nitrogens with one attached hydrogen (secondary N) is 2. The molecule has 15 heteroatoms. The van der Waals surface area contributed by atoms with Crippen LogP contribution in [0.2, 0.25) is 5.02 Å². The molecule has 5 rings (SSSR count). The fourth-order valence-corrected chi connectivity index (χ4v) is 8.64. The van der Waals surface area contributed by atoms with Crippen molar-refractivity contribution in [1.29, 1.82) is 0 Å². The molecule has 0 bridgehead atoms. The Kier molecular flexibility index (Phi) is 8.10. The zero-order valence-electron chi connectivity index (χ0n) is 22.3. The van der Waals surface area contributed by atoms with Gasteiger partial charge in [0.05, 0.1) is 16.3 Å². The van der Waals surface area contributed by atoms with Gasteiger partial charge >= 0.3 is 6.18 Å². The minimum Gasteiger partial charge on any atom is -0.379 e. The summed E-state index contributed by atoms with van der Waals surface area (Å²) >= 11 is 19.8. The number of alkyl halides is 5. The van der Waals surface area contributed by atoms with Crippen molar-refractivity contribution in [2.45, 2.75) is 52.2 Å². The van der Waals surface area contributed by atoms with Crippen molar-refractivity contribution < 1.29 is 26.0 Å². The average molecular weight is 667 g/mol. The van der Waals surface area contributed by atoms with Crippen molar-refractivity contribution in [3.8, 4) is 0 Å². The lowest BCUT2D eigenvalue weighted by Gasteiger charge is -2.64. The van der Waals surface area contributed by atoms with Crippen LogP contribution in [0.25, 0.3) is 0 Å². The van der Waals surface area contributed by atoms with Gasteiger partial charge < -0.3 is 10.2 Å². The quantitative estimate of drug-likeness (QED) is 0.215. The number of fused-ring (bicyclic) bond motifs is 1. The fourth-order valence-electron chi connectivity index (χ4n) is 6.19. The molecule has 0 spiro atoms. The number of aromatic nitrogens is 2.